The minimum atomic E-state index is -2.12. The fraction of sp³-hybridized carbons (Fsp3) is 0.520. The zero-order valence-electron chi connectivity index (χ0n) is 19.9. The van der Waals surface area contributed by atoms with E-state index in [2.05, 4.69) is 46.0 Å². The number of benzene rings is 2. The van der Waals surface area contributed by atoms with E-state index in [-0.39, 0.29) is 31.1 Å². The van der Waals surface area contributed by atoms with Crippen molar-refractivity contribution in [2.45, 2.75) is 68.8 Å². The molecule has 176 valence electrons. The Kier molecular flexibility index (Phi) is 8.61. The number of methoxy groups -OCH3 is 1. The van der Waals surface area contributed by atoms with E-state index in [1.165, 1.54) is 4.46 Å². The summed E-state index contributed by atoms with van der Waals surface area (Å²) in [4.78, 5) is 0. The molecule has 0 bridgehead atoms. The van der Waals surface area contributed by atoms with Crippen LogP contribution in [0, 0.1) is 0 Å². The predicted octanol–water partition coefficient (Wildman–Crippen LogP) is 3.72. The van der Waals surface area contributed by atoms with E-state index in [0.29, 0.717) is 13.2 Å². The Morgan fingerprint density at radius 2 is 1.72 bits per heavy atom. The summed E-state index contributed by atoms with van der Waals surface area (Å²) < 4.78 is 25.6. The molecule has 1 saturated heterocycles. The quantitative estimate of drug-likeness (QED) is 0.535. The summed E-state index contributed by atoms with van der Waals surface area (Å²) >= 11 is -0.0172. The van der Waals surface area contributed by atoms with E-state index in [9.17, 15) is 5.11 Å². The van der Waals surface area contributed by atoms with Crippen LogP contribution in [0.1, 0.15) is 26.3 Å². The van der Waals surface area contributed by atoms with Crippen molar-refractivity contribution >= 4 is 27.7 Å². The summed E-state index contributed by atoms with van der Waals surface area (Å²) in [6.45, 7) is 11.9. The number of ether oxygens (including phenoxy) is 3. The van der Waals surface area contributed by atoms with Gasteiger partial charge in [0.2, 0.25) is 0 Å². The van der Waals surface area contributed by atoms with Gasteiger partial charge in [0.25, 0.3) is 0 Å². The van der Waals surface area contributed by atoms with Crippen molar-refractivity contribution in [3.8, 4) is 5.75 Å². The van der Waals surface area contributed by atoms with Crippen LogP contribution in [0.2, 0.25) is 18.1 Å². The number of hydrogen-bond donors (Lipinski definition) is 1. The van der Waals surface area contributed by atoms with Gasteiger partial charge in [0, 0.05) is 0 Å². The molecular formula is C25H36O5SeSi. The number of aliphatic hydroxyl groups is 1. The van der Waals surface area contributed by atoms with Gasteiger partial charge < -0.3 is 0 Å². The third-order valence-electron chi connectivity index (χ3n) is 6.26. The molecule has 3 rings (SSSR count). The van der Waals surface area contributed by atoms with Gasteiger partial charge in [-0.15, -0.1) is 0 Å². The van der Waals surface area contributed by atoms with Crippen LogP contribution in [0.15, 0.2) is 54.6 Å². The van der Waals surface area contributed by atoms with Crippen molar-refractivity contribution in [2.75, 3.05) is 13.7 Å². The first kappa shape index (κ1) is 25.4. The Labute approximate surface area is 199 Å². The Morgan fingerprint density at radius 3 is 2.31 bits per heavy atom. The molecule has 1 aliphatic rings. The topological polar surface area (TPSA) is 57.2 Å². The maximum atomic E-state index is 11.3. The maximum absolute atomic E-state index is 11.3. The summed E-state index contributed by atoms with van der Waals surface area (Å²) in [6, 6.07) is 18.1. The molecule has 0 radical (unpaired) electrons. The van der Waals surface area contributed by atoms with Crippen LogP contribution in [0.25, 0.3) is 0 Å². The van der Waals surface area contributed by atoms with Crippen LogP contribution in [0.4, 0.5) is 0 Å². The predicted molar refractivity (Wildman–Crippen MR) is 131 cm³/mol. The zero-order chi connectivity index (χ0) is 23.4. The average molecular weight is 524 g/mol. The Balaban J connectivity index is 1.75. The molecule has 0 aromatic heterocycles. The van der Waals surface area contributed by atoms with Gasteiger partial charge >= 0.3 is 200 Å². The van der Waals surface area contributed by atoms with Crippen LogP contribution < -0.4 is 9.20 Å². The first-order valence-corrected chi connectivity index (χ1v) is 15.8. The van der Waals surface area contributed by atoms with Crippen LogP contribution in [0.5, 0.6) is 5.75 Å². The van der Waals surface area contributed by atoms with Gasteiger partial charge in [-0.3, -0.25) is 0 Å². The van der Waals surface area contributed by atoms with Crippen molar-refractivity contribution in [3.63, 3.8) is 0 Å². The van der Waals surface area contributed by atoms with Gasteiger partial charge in [-0.25, -0.2) is 0 Å². The van der Waals surface area contributed by atoms with Crippen LogP contribution >= 0.6 is 0 Å². The molecule has 32 heavy (non-hydrogen) atoms. The van der Waals surface area contributed by atoms with Gasteiger partial charge in [-0.1, -0.05) is 0 Å². The SMILES string of the molecule is COc1ccc(CO[C@@H]2CO[C@@H]([Se]c3ccccc3)[C@H](O)[C@H]2O[Si](C)(C)C(C)(C)C)cc1. The van der Waals surface area contributed by atoms with E-state index in [1.807, 2.05) is 42.5 Å². The Morgan fingerprint density at radius 1 is 1.06 bits per heavy atom. The molecular weight excluding hydrogens is 487 g/mol. The van der Waals surface area contributed by atoms with Crippen molar-refractivity contribution in [3.05, 3.63) is 60.2 Å². The molecule has 1 fully saturated rings. The second-order valence-electron chi connectivity index (χ2n) is 9.66. The van der Waals surface area contributed by atoms with Crippen molar-refractivity contribution < 1.29 is 23.7 Å². The van der Waals surface area contributed by atoms with Crippen LogP contribution in [0.3, 0.4) is 0 Å². The third-order valence-corrected chi connectivity index (χ3v) is 13.2. The number of hydrogen-bond acceptors (Lipinski definition) is 5. The molecule has 0 saturated carbocycles. The monoisotopic (exact) mass is 524 g/mol. The van der Waals surface area contributed by atoms with E-state index in [0.717, 1.165) is 11.3 Å². The number of aliphatic hydroxyl groups excluding tert-OH is 1. The summed E-state index contributed by atoms with van der Waals surface area (Å²) in [7, 11) is -0.468. The second-order valence-corrected chi connectivity index (χ2v) is 16.9. The van der Waals surface area contributed by atoms with E-state index < -0.39 is 20.5 Å². The molecule has 1 aliphatic heterocycles. The molecule has 0 spiro atoms. The fourth-order valence-electron chi connectivity index (χ4n) is 3.23. The van der Waals surface area contributed by atoms with Gasteiger partial charge in [0.05, 0.1) is 0 Å². The van der Waals surface area contributed by atoms with Crippen molar-refractivity contribution in [2.24, 2.45) is 0 Å². The molecule has 0 amide bonds. The van der Waals surface area contributed by atoms with E-state index >= 15 is 0 Å². The number of rotatable bonds is 8. The van der Waals surface area contributed by atoms with Gasteiger partial charge in [-0.05, 0) is 0 Å². The minimum absolute atomic E-state index is 0.0172. The molecule has 1 heterocycles. The molecule has 5 nitrogen and oxygen atoms in total. The van der Waals surface area contributed by atoms with Crippen LogP contribution in [-0.4, -0.2) is 65.4 Å². The molecule has 1 N–H and O–H groups in total. The summed E-state index contributed by atoms with van der Waals surface area (Å²) in [5.74, 6) is 0.815. The van der Waals surface area contributed by atoms with E-state index in [4.69, 9.17) is 18.6 Å². The Hall–Kier alpha value is -1.18. The third kappa shape index (κ3) is 6.45. The molecule has 0 unspecified atom stereocenters. The standard InChI is InChI=1S/C25H36O5SeSi/c1-25(2,3)32(5,6)30-23-21(28-16-18-12-14-19(27-4)15-13-18)17-29-24(22(23)26)31-20-10-8-7-9-11-20/h7-15,21-24,26H,16-17H2,1-6H3/t21-,22-,23+,24+/m1/s1. The molecule has 2 aromatic carbocycles. The normalized spacial score (nSPS) is 24.3. The van der Waals surface area contributed by atoms with Crippen molar-refractivity contribution in [1.82, 2.24) is 0 Å². The average Bonchev–Trinajstić information content (AvgIpc) is 2.76. The van der Waals surface area contributed by atoms with Gasteiger partial charge in [-0.2, -0.15) is 0 Å². The zero-order valence-corrected chi connectivity index (χ0v) is 22.6. The van der Waals surface area contributed by atoms with E-state index in [1.54, 1.807) is 7.11 Å². The molecule has 4 atom stereocenters. The summed E-state index contributed by atoms with van der Waals surface area (Å²) in [6.07, 6.45) is -1.48. The molecule has 0 aliphatic carbocycles. The van der Waals surface area contributed by atoms with Crippen molar-refractivity contribution in [1.29, 1.82) is 0 Å². The fourth-order valence-corrected chi connectivity index (χ4v) is 6.70. The van der Waals surface area contributed by atoms with Gasteiger partial charge in [0.1, 0.15) is 0 Å². The molecule has 2 aromatic rings. The molecule has 7 heteroatoms. The first-order chi connectivity index (χ1) is 15.1. The summed E-state index contributed by atoms with van der Waals surface area (Å²) in [5, 5.41) is 11.1. The van der Waals surface area contributed by atoms with Gasteiger partial charge in [0.15, 0.2) is 0 Å². The Bertz CT molecular complexity index is 838. The second kappa shape index (κ2) is 10.8. The van der Waals surface area contributed by atoms with Crippen LogP contribution in [-0.2, 0) is 20.5 Å². The first-order valence-electron chi connectivity index (χ1n) is 11.0. The summed E-state index contributed by atoms with van der Waals surface area (Å²) in [5.41, 5.74) is 1.04.